The zero-order valence-corrected chi connectivity index (χ0v) is 19.1. The number of Topliss-reactive ketones (excluding diaryl/α,β-unsaturated/α-hetero) is 1. The normalized spacial score (nSPS) is 20.7. The number of hydrogen-bond donors (Lipinski definition) is 2. The van der Waals surface area contributed by atoms with Crippen LogP contribution in [0.25, 0.3) is 0 Å². The zero-order valence-electron chi connectivity index (χ0n) is 17.4. The molecule has 0 bridgehead atoms. The van der Waals surface area contributed by atoms with Gasteiger partial charge in [-0.05, 0) is 24.1 Å². The molecular formula is C20H21ClF6N4O2S. The summed E-state index contributed by atoms with van der Waals surface area (Å²) in [5.74, 6) is -0.639. The van der Waals surface area contributed by atoms with Gasteiger partial charge in [-0.15, -0.1) is 24.2 Å². The van der Waals surface area contributed by atoms with Crippen molar-refractivity contribution in [2.45, 2.75) is 43.8 Å². The number of hydrogen-bond acceptors (Lipinski definition) is 6. The lowest BCUT2D eigenvalue weighted by atomic mass is 9.99. The summed E-state index contributed by atoms with van der Waals surface area (Å²) < 4.78 is 75.2. The number of carbonyl (C=O) groups is 2. The van der Waals surface area contributed by atoms with Gasteiger partial charge in [-0.2, -0.15) is 26.3 Å². The first-order valence-corrected chi connectivity index (χ1v) is 10.8. The first-order chi connectivity index (χ1) is 15.3. The molecule has 0 aromatic carbocycles. The van der Waals surface area contributed by atoms with E-state index in [1.165, 1.54) is 35.0 Å². The van der Waals surface area contributed by atoms with Crippen molar-refractivity contribution in [2.24, 2.45) is 5.73 Å². The number of pyridine rings is 1. The summed E-state index contributed by atoms with van der Waals surface area (Å²) in [7, 11) is 0. The van der Waals surface area contributed by atoms with Crippen molar-refractivity contribution < 1.29 is 35.9 Å². The number of nitrogens with zero attached hydrogens (tertiary/aromatic N) is 2. The van der Waals surface area contributed by atoms with Crippen molar-refractivity contribution in [3.63, 3.8) is 0 Å². The molecule has 14 heteroatoms. The number of carbonyl (C=O) groups excluding carboxylic acids is 2. The summed E-state index contributed by atoms with van der Waals surface area (Å²) >= 11 is 1.27. The fourth-order valence-electron chi connectivity index (χ4n) is 3.33. The Balaban J connectivity index is 0.00000408. The number of rotatable bonds is 6. The summed E-state index contributed by atoms with van der Waals surface area (Å²) in [6.45, 7) is -0.223. The van der Waals surface area contributed by atoms with Crippen LogP contribution in [0.1, 0.15) is 24.1 Å². The largest absolute Gasteiger partial charge is 0.433 e. The summed E-state index contributed by atoms with van der Waals surface area (Å²) in [6, 6.07) is 0.468. The third-order valence-electron chi connectivity index (χ3n) is 4.93. The van der Waals surface area contributed by atoms with E-state index in [0.29, 0.717) is 10.5 Å². The molecule has 1 fully saturated rings. The minimum atomic E-state index is -4.60. The maximum atomic E-state index is 12.8. The Morgan fingerprint density at radius 3 is 2.53 bits per heavy atom. The quantitative estimate of drug-likeness (QED) is 0.432. The van der Waals surface area contributed by atoms with Gasteiger partial charge in [0, 0.05) is 42.6 Å². The number of thioether (sulfide) groups is 1. The molecule has 188 valence electrons. The monoisotopic (exact) mass is 530 g/mol. The van der Waals surface area contributed by atoms with Crippen molar-refractivity contribution in [3.05, 3.63) is 52.3 Å². The summed E-state index contributed by atoms with van der Waals surface area (Å²) in [5.41, 5.74) is 5.28. The van der Waals surface area contributed by atoms with Crippen LogP contribution < -0.4 is 11.1 Å². The standard InChI is InChI=1S/C20H20F6N4O2S.ClH/c21-19(22,23)4-1-5-28-18(32)12-6-14-16(17(31)13(27)10-33-14)30(9-12)8-11-2-3-15(29-7-11)20(24,25)26;/h2-3,6-7,9,13,16H,1,4-5,8,10,27H2,(H,28,32);1H/t13-,16?;/m0./s1. The first kappa shape index (κ1) is 28.0. The second kappa shape index (κ2) is 11.0. The Kier molecular flexibility index (Phi) is 9.05. The van der Waals surface area contributed by atoms with Crippen LogP contribution in [0.15, 0.2) is 41.1 Å². The van der Waals surface area contributed by atoms with E-state index in [1.54, 1.807) is 0 Å². The molecule has 0 aliphatic carbocycles. The molecule has 1 amide bonds. The molecule has 0 spiro atoms. The fraction of sp³-hybridized carbons (Fsp3) is 0.450. The molecular weight excluding hydrogens is 510 g/mol. The molecule has 3 heterocycles. The average Bonchev–Trinajstić information content (AvgIpc) is 2.72. The van der Waals surface area contributed by atoms with Gasteiger partial charge in [0.1, 0.15) is 11.7 Å². The molecule has 2 aliphatic rings. The van der Waals surface area contributed by atoms with Gasteiger partial charge < -0.3 is 16.0 Å². The Labute approximate surface area is 201 Å². The van der Waals surface area contributed by atoms with E-state index < -0.39 is 42.5 Å². The van der Waals surface area contributed by atoms with E-state index in [4.69, 9.17) is 5.73 Å². The Morgan fingerprint density at radius 1 is 1.24 bits per heavy atom. The number of nitrogens with two attached hydrogens (primary N) is 1. The third kappa shape index (κ3) is 7.12. The van der Waals surface area contributed by atoms with Gasteiger partial charge in [-0.25, -0.2) is 0 Å². The van der Waals surface area contributed by atoms with Crippen molar-refractivity contribution in [1.82, 2.24) is 15.2 Å². The number of ketones is 1. The Bertz CT molecular complexity index is 965. The van der Waals surface area contributed by atoms with Crippen LogP contribution in [-0.4, -0.2) is 52.1 Å². The van der Waals surface area contributed by atoms with E-state index in [1.807, 2.05) is 0 Å². The van der Waals surface area contributed by atoms with Gasteiger partial charge in [0.05, 0.1) is 11.6 Å². The molecule has 2 atom stereocenters. The van der Waals surface area contributed by atoms with E-state index >= 15 is 0 Å². The van der Waals surface area contributed by atoms with Gasteiger partial charge >= 0.3 is 12.4 Å². The molecule has 34 heavy (non-hydrogen) atoms. The van der Waals surface area contributed by atoms with Crippen molar-refractivity contribution in [2.75, 3.05) is 12.3 Å². The summed E-state index contributed by atoms with van der Waals surface area (Å²) in [6.07, 6.45) is -6.36. The number of fused-ring (bicyclic) bond motifs is 1. The topological polar surface area (TPSA) is 88.3 Å². The molecule has 0 saturated carbocycles. The minimum absolute atomic E-state index is 0. The van der Waals surface area contributed by atoms with Crippen LogP contribution in [0.4, 0.5) is 26.3 Å². The average molecular weight is 531 g/mol. The van der Waals surface area contributed by atoms with Crippen LogP contribution in [0, 0.1) is 0 Å². The van der Waals surface area contributed by atoms with Crippen LogP contribution in [-0.2, 0) is 22.3 Å². The SMILES string of the molecule is Cl.N[C@H]1CSC2=CC(C(=O)NCCCC(F)(F)F)=CN(Cc3ccc(C(F)(F)F)nc3)C2C1=O. The highest BCUT2D eigenvalue weighted by Gasteiger charge is 2.39. The van der Waals surface area contributed by atoms with E-state index in [0.717, 1.165) is 12.3 Å². The molecule has 3 N–H and O–H groups in total. The van der Waals surface area contributed by atoms with Crippen LogP contribution in [0.2, 0.25) is 0 Å². The van der Waals surface area contributed by atoms with E-state index in [9.17, 15) is 35.9 Å². The summed E-state index contributed by atoms with van der Waals surface area (Å²) in [4.78, 5) is 30.6. The van der Waals surface area contributed by atoms with E-state index in [-0.39, 0.29) is 49.0 Å². The van der Waals surface area contributed by atoms with Crippen molar-refractivity contribution in [1.29, 1.82) is 0 Å². The summed E-state index contributed by atoms with van der Waals surface area (Å²) in [5, 5.41) is 2.41. The second-order valence-electron chi connectivity index (χ2n) is 7.55. The Hall–Kier alpha value is -2.25. The molecule has 2 aliphatic heterocycles. The number of nitrogens with one attached hydrogen (secondary N) is 1. The highest BCUT2D eigenvalue weighted by Crippen LogP contribution is 2.36. The lowest BCUT2D eigenvalue weighted by molar-refractivity contribution is -0.141. The second-order valence-corrected chi connectivity index (χ2v) is 8.64. The fourth-order valence-corrected chi connectivity index (χ4v) is 4.49. The molecule has 1 aromatic rings. The van der Waals surface area contributed by atoms with Crippen molar-refractivity contribution in [3.8, 4) is 0 Å². The molecule has 0 radical (unpaired) electrons. The minimum Gasteiger partial charge on any atom is -0.358 e. The molecule has 1 saturated heterocycles. The number of alkyl halides is 6. The molecule has 6 nitrogen and oxygen atoms in total. The first-order valence-electron chi connectivity index (χ1n) is 9.83. The van der Waals surface area contributed by atoms with Gasteiger partial charge in [0.15, 0.2) is 5.78 Å². The van der Waals surface area contributed by atoms with E-state index in [2.05, 4.69) is 10.3 Å². The maximum absolute atomic E-state index is 12.8. The van der Waals surface area contributed by atoms with Gasteiger partial charge in [-0.3, -0.25) is 14.6 Å². The number of aromatic nitrogens is 1. The number of amides is 1. The predicted octanol–water partition coefficient (Wildman–Crippen LogP) is 3.58. The maximum Gasteiger partial charge on any atom is 0.433 e. The van der Waals surface area contributed by atoms with Crippen molar-refractivity contribution >= 4 is 35.9 Å². The highest BCUT2D eigenvalue weighted by molar-refractivity contribution is 8.03. The van der Waals surface area contributed by atoms with Crippen LogP contribution >= 0.6 is 24.2 Å². The predicted molar refractivity (Wildman–Crippen MR) is 116 cm³/mol. The molecule has 1 unspecified atom stereocenters. The molecule has 3 rings (SSSR count). The van der Waals surface area contributed by atoms with Gasteiger partial charge in [0.2, 0.25) is 0 Å². The highest BCUT2D eigenvalue weighted by atomic mass is 35.5. The lowest BCUT2D eigenvalue weighted by Gasteiger charge is -2.38. The molecule has 1 aromatic heterocycles. The zero-order chi connectivity index (χ0) is 24.4. The van der Waals surface area contributed by atoms with Crippen LogP contribution in [0.5, 0.6) is 0 Å². The Morgan fingerprint density at radius 2 is 1.94 bits per heavy atom. The smallest absolute Gasteiger partial charge is 0.358 e. The lowest BCUT2D eigenvalue weighted by Crippen LogP contribution is -2.52. The third-order valence-corrected chi connectivity index (χ3v) is 6.13. The van der Waals surface area contributed by atoms with Gasteiger partial charge in [-0.1, -0.05) is 6.07 Å². The number of halogens is 7. The van der Waals surface area contributed by atoms with Gasteiger partial charge in [0.25, 0.3) is 5.91 Å². The van der Waals surface area contributed by atoms with Crippen LogP contribution in [0.3, 0.4) is 0 Å².